The highest BCUT2D eigenvalue weighted by Crippen LogP contribution is 1.86. The van der Waals surface area contributed by atoms with Crippen LogP contribution in [0.4, 0.5) is 4.39 Å². The first kappa shape index (κ1) is 10.3. The molecule has 0 atom stereocenters. The molecular weight excluding hydrogens is 115 g/mol. The molecule has 0 aromatic heterocycles. The zero-order chi connectivity index (χ0) is 6.12. The lowest BCUT2D eigenvalue weighted by Gasteiger charge is -1.77. The van der Waals surface area contributed by atoms with Gasteiger partial charge in [0.2, 0.25) is 0 Å². The number of alkyl halides is 2. The molecule has 0 amide bonds. The molecule has 0 spiro atoms. The van der Waals surface area contributed by atoms with E-state index in [1.54, 1.807) is 0 Å². The SMILES string of the molecule is CCCCCl.CF. The van der Waals surface area contributed by atoms with Crippen molar-refractivity contribution in [2.24, 2.45) is 0 Å². The number of hydrogen-bond donors (Lipinski definition) is 0. The van der Waals surface area contributed by atoms with Gasteiger partial charge in [0.15, 0.2) is 0 Å². The van der Waals surface area contributed by atoms with Crippen LogP contribution in [0.25, 0.3) is 0 Å². The number of rotatable bonds is 2. The summed E-state index contributed by atoms with van der Waals surface area (Å²) >= 11 is 5.30. The molecule has 0 nitrogen and oxygen atoms in total. The highest BCUT2D eigenvalue weighted by atomic mass is 35.5. The first-order chi connectivity index (χ1) is 3.41. The van der Waals surface area contributed by atoms with Gasteiger partial charge in [-0.3, -0.25) is 4.39 Å². The van der Waals surface area contributed by atoms with E-state index in [0.717, 1.165) is 12.3 Å². The van der Waals surface area contributed by atoms with Gasteiger partial charge < -0.3 is 0 Å². The van der Waals surface area contributed by atoms with Crippen molar-refractivity contribution < 1.29 is 4.39 Å². The first-order valence-corrected chi connectivity index (χ1v) is 2.89. The summed E-state index contributed by atoms with van der Waals surface area (Å²) in [7, 11) is 0.500. The van der Waals surface area contributed by atoms with E-state index in [9.17, 15) is 4.39 Å². The van der Waals surface area contributed by atoms with Gasteiger partial charge >= 0.3 is 0 Å². The van der Waals surface area contributed by atoms with Crippen molar-refractivity contribution in [3.8, 4) is 0 Å². The van der Waals surface area contributed by atoms with Crippen LogP contribution in [-0.2, 0) is 0 Å². The van der Waals surface area contributed by atoms with Crippen LogP contribution < -0.4 is 0 Å². The van der Waals surface area contributed by atoms with E-state index in [-0.39, 0.29) is 0 Å². The van der Waals surface area contributed by atoms with Crippen LogP contribution in [0.2, 0.25) is 0 Å². The lowest BCUT2D eigenvalue weighted by molar-refractivity contribution is 0.636. The lowest BCUT2D eigenvalue weighted by Crippen LogP contribution is -1.65. The van der Waals surface area contributed by atoms with Crippen molar-refractivity contribution in [2.45, 2.75) is 19.8 Å². The summed E-state index contributed by atoms with van der Waals surface area (Å²) in [4.78, 5) is 0. The van der Waals surface area contributed by atoms with E-state index in [0.29, 0.717) is 7.18 Å². The summed E-state index contributed by atoms with van der Waals surface area (Å²) < 4.78 is 9.50. The van der Waals surface area contributed by atoms with E-state index in [1.165, 1.54) is 6.42 Å². The Morgan fingerprint density at radius 1 is 1.43 bits per heavy atom. The van der Waals surface area contributed by atoms with Crippen molar-refractivity contribution in [3.63, 3.8) is 0 Å². The van der Waals surface area contributed by atoms with Crippen molar-refractivity contribution in [2.75, 3.05) is 13.1 Å². The van der Waals surface area contributed by atoms with Gasteiger partial charge in [-0.25, -0.2) is 0 Å². The maximum Gasteiger partial charge on any atom is 0.0785 e. The Labute approximate surface area is 49.7 Å². The Morgan fingerprint density at radius 2 is 1.86 bits per heavy atom. The van der Waals surface area contributed by atoms with Crippen molar-refractivity contribution in [1.29, 1.82) is 0 Å². The summed E-state index contributed by atoms with van der Waals surface area (Å²) in [6.45, 7) is 2.13. The van der Waals surface area contributed by atoms with Crippen molar-refractivity contribution in [1.82, 2.24) is 0 Å². The second-order valence-electron chi connectivity index (χ2n) is 1.04. The normalized spacial score (nSPS) is 6.86. The van der Waals surface area contributed by atoms with Crippen molar-refractivity contribution >= 4 is 11.6 Å². The predicted octanol–water partition coefficient (Wildman–Crippen LogP) is 2.61. The summed E-state index contributed by atoms with van der Waals surface area (Å²) in [6.07, 6.45) is 2.37. The highest BCUT2D eigenvalue weighted by molar-refractivity contribution is 6.17. The summed E-state index contributed by atoms with van der Waals surface area (Å²) in [5.41, 5.74) is 0. The third kappa shape index (κ3) is 22.5. The molecule has 0 saturated heterocycles. The molecular formula is C5H12ClF. The Bertz CT molecular complexity index is 15.6. The summed E-state index contributed by atoms with van der Waals surface area (Å²) in [5.74, 6) is 0.816. The van der Waals surface area contributed by atoms with Crippen LogP contribution in [0.5, 0.6) is 0 Å². The Hall–Kier alpha value is 0.220. The quantitative estimate of drug-likeness (QED) is 0.499. The maximum atomic E-state index is 9.50. The van der Waals surface area contributed by atoms with Crippen LogP contribution in [0, 0.1) is 0 Å². The molecule has 0 aliphatic carbocycles. The zero-order valence-electron chi connectivity index (χ0n) is 4.88. The molecule has 7 heavy (non-hydrogen) atoms. The van der Waals surface area contributed by atoms with Gasteiger partial charge in [0, 0.05) is 5.88 Å². The van der Waals surface area contributed by atoms with Gasteiger partial charge in [-0.2, -0.15) is 0 Å². The number of hydrogen-bond acceptors (Lipinski definition) is 0. The molecule has 0 aliphatic heterocycles. The second kappa shape index (κ2) is 16.3. The molecule has 0 heterocycles. The van der Waals surface area contributed by atoms with Gasteiger partial charge in [0.25, 0.3) is 0 Å². The third-order valence-corrected chi connectivity index (χ3v) is 0.754. The van der Waals surface area contributed by atoms with E-state index in [1.807, 2.05) is 0 Å². The molecule has 46 valence electrons. The number of halogens is 2. The van der Waals surface area contributed by atoms with Gasteiger partial charge in [-0.1, -0.05) is 13.3 Å². The first-order valence-electron chi connectivity index (χ1n) is 2.35. The number of unbranched alkanes of at least 4 members (excludes halogenated alkanes) is 1. The molecule has 0 rings (SSSR count). The summed E-state index contributed by atoms with van der Waals surface area (Å²) in [5, 5.41) is 0. The average Bonchev–Trinajstić information content (AvgIpc) is 1.75. The summed E-state index contributed by atoms with van der Waals surface area (Å²) in [6, 6.07) is 0. The molecule has 0 saturated carbocycles. The van der Waals surface area contributed by atoms with E-state index in [2.05, 4.69) is 6.92 Å². The van der Waals surface area contributed by atoms with Crippen LogP contribution in [-0.4, -0.2) is 13.1 Å². The maximum absolute atomic E-state index is 9.50. The fourth-order valence-corrected chi connectivity index (χ4v) is 0.401. The minimum absolute atomic E-state index is 0.500. The van der Waals surface area contributed by atoms with Crippen molar-refractivity contribution in [3.05, 3.63) is 0 Å². The second-order valence-corrected chi connectivity index (χ2v) is 1.42. The monoisotopic (exact) mass is 126 g/mol. The van der Waals surface area contributed by atoms with Gasteiger partial charge in [-0.05, 0) is 6.42 Å². The van der Waals surface area contributed by atoms with Gasteiger partial charge in [0.05, 0.1) is 7.18 Å². The molecule has 0 aromatic rings. The van der Waals surface area contributed by atoms with Gasteiger partial charge in [0.1, 0.15) is 0 Å². The van der Waals surface area contributed by atoms with Crippen LogP contribution in [0.3, 0.4) is 0 Å². The largest absolute Gasteiger partial charge is 0.255 e. The smallest absolute Gasteiger partial charge is 0.0785 e. The molecule has 0 unspecified atom stereocenters. The van der Waals surface area contributed by atoms with E-state index >= 15 is 0 Å². The molecule has 0 radical (unpaired) electrons. The Balaban J connectivity index is 0. The average molecular weight is 127 g/mol. The van der Waals surface area contributed by atoms with E-state index in [4.69, 9.17) is 11.6 Å². The standard InChI is InChI=1S/C4H9Cl.CH3F/c1-2-3-4-5;1-2/h2-4H2,1H3;1H3. The van der Waals surface area contributed by atoms with Crippen LogP contribution in [0.1, 0.15) is 19.8 Å². The zero-order valence-corrected chi connectivity index (χ0v) is 5.63. The third-order valence-electron chi connectivity index (χ3n) is 0.487. The topological polar surface area (TPSA) is 0 Å². The Morgan fingerprint density at radius 3 is 1.86 bits per heavy atom. The molecule has 0 fully saturated rings. The Kier molecular flexibility index (Phi) is 23.9. The molecule has 0 bridgehead atoms. The van der Waals surface area contributed by atoms with E-state index < -0.39 is 0 Å². The molecule has 2 heteroatoms. The predicted molar refractivity (Wildman–Crippen MR) is 32.7 cm³/mol. The molecule has 0 aromatic carbocycles. The fraction of sp³-hybridized carbons (Fsp3) is 1.00. The highest BCUT2D eigenvalue weighted by Gasteiger charge is 1.70. The lowest BCUT2D eigenvalue weighted by atomic mass is 10.4. The van der Waals surface area contributed by atoms with Crippen LogP contribution in [0.15, 0.2) is 0 Å². The molecule has 0 aliphatic rings. The van der Waals surface area contributed by atoms with Crippen LogP contribution >= 0.6 is 11.6 Å². The van der Waals surface area contributed by atoms with Gasteiger partial charge in [-0.15, -0.1) is 11.6 Å². The molecule has 0 N–H and O–H groups in total. The fourth-order valence-electron chi connectivity index (χ4n) is 0.134. The minimum atomic E-state index is 0.500. The minimum Gasteiger partial charge on any atom is -0.255 e.